The Morgan fingerprint density at radius 3 is 2.55 bits per heavy atom. The van der Waals surface area contributed by atoms with Gasteiger partial charge in [0.25, 0.3) is 0 Å². The molecule has 1 aromatic carbocycles. The number of carbonyl (C=O) groups is 1. The maximum absolute atomic E-state index is 13.5. The van der Waals surface area contributed by atoms with Gasteiger partial charge in [0.2, 0.25) is 5.91 Å². The van der Waals surface area contributed by atoms with Gasteiger partial charge < -0.3 is 10.6 Å². The lowest BCUT2D eigenvalue weighted by Gasteiger charge is -2.06. The summed E-state index contributed by atoms with van der Waals surface area (Å²) in [6, 6.07) is 3.80. The van der Waals surface area contributed by atoms with Gasteiger partial charge in [-0.2, -0.15) is 0 Å². The Bertz CT molecular complexity index is 450. The second-order valence-electron chi connectivity index (χ2n) is 4.73. The third-order valence-electron chi connectivity index (χ3n) is 3.35. The summed E-state index contributed by atoms with van der Waals surface area (Å²) in [4.78, 5) is 11.8. The number of hydrogen-bond acceptors (Lipinski definition) is 2. The molecule has 2 atom stereocenters. The van der Waals surface area contributed by atoms with Crippen molar-refractivity contribution in [2.45, 2.75) is 19.3 Å². The molecule has 1 aliphatic rings. The fourth-order valence-corrected chi connectivity index (χ4v) is 2.25. The van der Waals surface area contributed by atoms with E-state index in [1.807, 2.05) is 6.92 Å². The summed E-state index contributed by atoms with van der Waals surface area (Å²) in [5.41, 5.74) is 0.0503. The van der Waals surface area contributed by atoms with Crippen LogP contribution in [-0.2, 0) is 4.79 Å². The molecule has 1 saturated carbocycles. The monoisotopic (exact) mass is 304 g/mol. The predicted octanol–water partition coefficient (Wildman–Crippen LogP) is 2.22. The molecule has 20 heavy (non-hydrogen) atoms. The lowest BCUT2D eigenvalue weighted by atomic mass is 10.1. The normalized spacial score (nSPS) is 20.1. The largest absolute Gasteiger partial charge is 0.355 e. The molecule has 1 aromatic rings. The molecule has 1 amide bonds. The summed E-state index contributed by atoms with van der Waals surface area (Å²) >= 11 is 0. The Balaban J connectivity index is 0.00000200. The van der Waals surface area contributed by atoms with Crippen LogP contribution in [0.2, 0.25) is 0 Å². The number of halogens is 3. The lowest BCUT2D eigenvalue weighted by Crippen LogP contribution is -2.32. The van der Waals surface area contributed by atoms with Crippen LogP contribution in [0.5, 0.6) is 0 Å². The number of amides is 1. The van der Waals surface area contributed by atoms with E-state index >= 15 is 0 Å². The van der Waals surface area contributed by atoms with E-state index in [1.165, 1.54) is 18.2 Å². The predicted molar refractivity (Wildman–Crippen MR) is 76.0 cm³/mol. The minimum Gasteiger partial charge on any atom is -0.355 e. The van der Waals surface area contributed by atoms with E-state index in [1.54, 1.807) is 0 Å². The molecule has 2 unspecified atom stereocenters. The maximum atomic E-state index is 13.5. The van der Waals surface area contributed by atoms with Crippen molar-refractivity contribution in [1.29, 1.82) is 0 Å². The standard InChI is InChI=1S/C14H18F2N2O.ClH/c1-2-17-6-7-18-14(19)10-8-9(10)13-11(15)4-3-5-12(13)16;/h3-5,9-10,17H,2,6-8H2,1H3,(H,18,19);1H. The molecule has 2 rings (SSSR count). The third kappa shape index (κ3) is 3.90. The average Bonchev–Trinajstić information content (AvgIpc) is 3.14. The Morgan fingerprint density at radius 2 is 1.95 bits per heavy atom. The maximum Gasteiger partial charge on any atom is 0.223 e. The summed E-state index contributed by atoms with van der Waals surface area (Å²) in [5.74, 6) is -1.86. The molecule has 0 bridgehead atoms. The fraction of sp³-hybridized carbons (Fsp3) is 0.500. The Morgan fingerprint density at radius 1 is 1.30 bits per heavy atom. The summed E-state index contributed by atoms with van der Waals surface area (Å²) in [5, 5.41) is 5.86. The molecule has 0 radical (unpaired) electrons. The van der Waals surface area contributed by atoms with E-state index in [9.17, 15) is 13.6 Å². The first kappa shape index (κ1) is 16.9. The zero-order valence-corrected chi connectivity index (χ0v) is 12.1. The van der Waals surface area contributed by atoms with E-state index in [2.05, 4.69) is 10.6 Å². The van der Waals surface area contributed by atoms with Gasteiger partial charge in [-0.15, -0.1) is 12.4 Å². The molecular formula is C14H19ClF2N2O. The number of rotatable bonds is 6. The van der Waals surface area contributed by atoms with Crippen molar-refractivity contribution in [3.05, 3.63) is 35.4 Å². The van der Waals surface area contributed by atoms with Crippen LogP contribution in [0, 0.1) is 17.6 Å². The first-order chi connectivity index (χ1) is 9.15. The first-order valence-corrected chi connectivity index (χ1v) is 6.57. The highest BCUT2D eigenvalue weighted by atomic mass is 35.5. The number of likely N-dealkylation sites (N-methyl/N-ethyl adjacent to an activating group) is 1. The van der Waals surface area contributed by atoms with Crippen molar-refractivity contribution in [2.75, 3.05) is 19.6 Å². The van der Waals surface area contributed by atoms with Crippen LogP contribution in [0.25, 0.3) is 0 Å². The highest BCUT2D eigenvalue weighted by Crippen LogP contribution is 2.49. The highest BCUT2D eigenvalue weighted by Gasteiger charge is 2.46. The first-order valence-electron chi connectivity index (χ1n) is 6.57. The topological polar surface area (TPSA) is 41.1 Å². The van der Waals surface area contributed by atoms with Crippen LogP contribution >= 0.6 is 12.4 Å². The number of benzene rings is 1. The van der Waals surface area contributed by atoms with Gasteiger partial charge in [0, 0.05) is 30.5 Å². The van der Waals surface area contributed by atoms with Crippen molar-refractivity contribution in [2.24, 2.45) is 5.92 Å². The third-order valence-corrected chi connectivity index (χ3v) is 3.35. The van der Waals surface area contributed by atoms with Gasteiger partial charge in [0.1, 0.15) is 11.6 Å². The van der Waals surface area contributed by atoms with Crippen molar-refractivity contribution >= 4 is 18.3 Å². The van der Waals surface area contributed by atoms with Crippen LogP contribution in [0.4, 0.5) is 8.78 Å². The van der Waals surface area contributed by atoms with Gasteiger partial charge in [0.15, 0.2) is 0 Å². The Labute approximate surface area is 123 Å². The highest BCUT2D eigenvalue weighted by molar-refractivity contribution is 5.85. The summed E-state index contributed by atoms with van der Waals surface area (Å²) in [6.45, 7) is 4.07. The molecule has 112 valence electrons. The number of hydrogen-bond donors (Lipinski definition) is 2. The summed E-state index contributed by atoms with van der Waals surface area (Å²) in [6.07, 6.45) is 0.519. The van der Waals surface area contributed by atoms with Crippen LogP contribution in [0.15, 0.2) is 18.2 Å². The second kappa shape index (κ2) is 7.55. The van der Waals surface area contributed by atoms with E-state index in [4.69, 9.17) is 0 Å². The quantitative estimate of drug-likeness (QED) is 0.791. The molecule has 2 N–H and O–H groups in total. The molecule has 1 fully saturated rings. The van der Waals surface area contributed by atoms with Crippen LogP contribution < -0.4 is 10.6 Å². The zero-order valence-electron chi connectivity index (χ0n) is 11.3. The SMILES string of the molecule is CCNCCNC(=O)C1CC1c1c(F)cccc1F.Cl. The number of carbonyl (C=O) groups excluding carboxylic acids is 1. The number of nitrogens with one attached hydrogen (secondary N) is 2. The van der Waals surface area contributed by atoms with Crippen LogP contribution in [0.1, 0.15) is 24.8 Å². The molecule has 0 heterocycles. The van der Waals surface area contributed by atoms with Crippen molar-refractivity contribution < 1.29 is 13.6 Å². The van der Waals surface area contributed by atoms with Gasteiger partial charge in [-0.3, -0.25) is 4.79 Å². The molecule has 0 saturated heterocycles. The molecule has 0 aromatic heterocycles. The molecular weight excluding hydrogens is 286 g/mol. The fourth-order valence-electron chi connectivity index (χ4n) is 2.25. The Hall–Kier alpha value is -1.20. The lowest BCUT2D eigenvalue weighted by molar-refractivity contribution is -0.122. The minimum atomic E-state index is -0.562. The van der Waals surface area contributed by atoms with Crippen molar-refractivity contribution in [3.63, 3.8) is 0 Å². The average molecular weight is 305 g/mol. The van der Waals surface area contributed by atoms with Crippen molar-refractivity contribution in [3.8, 4) is 0 Å². The van der Waals surface area contributed by atoms with E-state index < -0.39 is 11.6 Å². The van der Waals surface area contributed by atoms with Gasteiger partial charge in [0.05, 0.1) is 0 Å². The zero-order chi connectivity index (χ0) is 13.8. The van der Waals surface area contributed by atoms with E-state index in [0.717, 1.165) is 6.54 Å². The van der Waals surface area contributed by atoms with Gasteiger partial charge in [-0.25, -0.2) is 8.78 Å². The van der Waals surface area contributed by atoms with E-state index in [-0.39, 0.29) is 35.7 Å². The van der Waals surface area contributed by atoms with Crippen LogP contribution in [-0.4, -0.2) is 25.5 Å². The Kier molecular flexibility index (Phi) is 6.36. The van der Waals surface area contributed by atoms with E-state index in [0.29, 0.717) is 19.5 Å². The molecule has 6 heteroatoms. The molecule has 0 spiro atoms. The van der Waals surface area contributed by atoms with Crippen molar-refractivity contribution in [1.82, 2.24) is 10.6 Å². The molecule has 0 aliphatic heterocycles. The summed E-state index contributed by atoms with van der Waals surface area (Å²) in [7, 11) is 0. The summed E-state index contributed by atoms with van der Waals surface area (Å²) < 4.78 is 27.1. The van der Waals surface area contributed by atoms with Gasteiger partial charge in [-0.1, -0.05) is 13.0 Å². The smallest absolute Gasteiger partial charge is 0.223 e. The molecule has 3 nitrogen and oxygen atoms in total. The molecule has 1 aliphatic carbocycles. The second-order valence-corrected chi connectivity index (χ2v) is 4.73. The van der Waals surface area contributed by atoms with Crippen LogP contribution in [0.3, 0.4) is 0 Å². The van der Waals surface area contributed by atoms with Gasteiger partial charge in [-0.05, 0) is 25.1 Å². The van der Waals surface area contributed by atoms with Gasteiger partial charge >= 0.3 is 0 Å². The minimum absolute atomic E-state index is 0.